The van der Waals surface area contributed by atoms with Crippen molar-refractivity contribution in [1.82, 2.24) is 0 Å². The smallest absolute Gasteiger partial charge is 0.0719 e. The summed E-state index contributed by atoms with van der Waals surface area (Å²) in [5.74, 6) is 0.448. The van der Waals surface area contributed by atoms with Gasteiger partial charge in [-0.2, -0.15) is 0 Å². The van der Waals surface area contributed by atoms with Crippen LogP contribution in [0.4, 0.5) is 0 Å². The fraction of sp³-hybridized carbons (Fsp3) is 1.00. The van der Waals surface area contributed by atoms with Crippen LogP contribution in [-0.4, -0.2) is 29.0 Å². The van der Waals surface area contributed by atoms with Crippen LogP contribution in [0, 0.1) is 5.92 Å². The monoisotopic (exact) mass is 159 g/mol. The number of hydrogen-bond donors (Lipinski definition) is 3. The van der Waals surface area contributed by atoms with E-state index in [1.807, 2.05) is 0 Å². The average Bonchev–Trinajstić information content (AvgIpc) is 2.81. The van der Waals surface area contributed by atoms with Crippen molar-refractivity contribution in [3.05, 3.63) is 0 Å². The lowest BCUT2D eigenvalue weighted by Gasteiger charge is -2.17. The molecule has 2 unspecified atom stereocenters. The van der Waals surface area contributed by atoms with Gasteiger partial charge in [-0.25, -0.2) is 0 Å². The van der Waals surface area contributed by atoms with E-state index in [9.17, 15) is 5.11 Å². The summed E-state index contributed by atoms with van der Waals surface area (Å²) in [6, 6.07) is -0.130. The highest BCUT2D eigenvalue weighted by molar-refractivity contribution is 4.87. The van der Waals surface area contributed by atoms with Gasteiger partial charge in [-0.05, 0) is 31.6 Å². The van der Waals surface area contributed by atoms with Gasteiger partial charge < -0.3 is 15.9 Å². The van der Waals surface area contributed by atoms with Crippen molar-refractivity contribution < 1.29 is 10.2 Å². The standard InChI is InChI=1S/C8H17NO2/c9-7(2-1-5-10)8(11)6-3-4-6/h6-8,10-11H,1-5,9H2. The Labute approximate surface area is 67.2 Å². The molecule has 4 N–H and O–H groups in total. The second-order valence-corrected chi connectivity index (χ2v) is 3.36. The zero-order valence-electron chi connectivity index (χ0n) is 6.74. The number of nitrogens with two attached hydrogens (primary N) is 1. The molecule has 0 aromatic heterocycles. The lowest BCUT2D eigenvalue weighted by Crippen LogP contribution is -2.36. The molecule has 1 aliphatic carbocycles. The van der Waals surface area contributed by atoms with Crippen molar-refractivity contribution in [1.29, 1.82) is 0 Å². The molecule has 0 amide bonds. The summed E-state index contributed by atoms with van der Waals surface area (Å²) in [4.78, 5) is 0. The van der Waals surface area contributed by atoms with Crippen LogP contribution in [0.5, 0.6) is 0 Å². The van der Waals surface area contributed by atoms with E-state index in [4.69, 9.17) is 10.8 Å². The van der Waals surface area contributed by atoms with Gasteiger partial charge in [0.2, 0.25) is 0 Å². The molecule has 0 spiro atoms. The third-order valence-corrected chi connectivity index (χ3v) is 2.24. The van der Waals surface area contributed by atoms with Crippen LogP contribution in [0.15, 0.2) is 0 Å². The minimum Gasteiger partial charge on any atom is -0.396 e. The minimum atomic E-state index is -0.332. The van der Waals surface area contributed by atoms with Gasteiger partial charge in [0.05, 0.1) is 6.10 Å². The quantitative estimate of drug-likeness (QED) is 0.523. The first kappa shape index (κ1) is 8.97. The molecule has 11 heavy (non-hydrogen) atoms. The molecular formula is C8H17NO2. The molecule has 0 saturated heterocycles. The molecule has 3 heteroatoms. The van der Waals surface area contributed by atoms with E-state index in [1.165, 1.54) is 0 Å². The van der Waals surface area contributed by atoms with Gasteiger partial charge in [0.25, 0.3) is 0 Å². The summed E-state index contributed by atoms with van der Waals surface area (Å²) in [6.45, 7) is 0.172. The Morgan fingerprint density at radius 2 is 2.09 bits per heavy atom. The lowest BCUT2D eigenvalue weighted by molar-refractivity contribution is 0.114. The van der Waals surface area contributed by atoms with E-state index in [-0.39, 0.29) is 18.8 Å². The molecule has 1 fully saturated rings. The van der Waals surface area contributed by atoms with Crippen molar-refractivity contribution in [2.24, 2.45) is 11.7 Å². The molecule has 0 bridgehead atoms. The number of aliphatic hydroxyl groups is 2. The second-order valence-electron chi connectivity index (χ2n) is 3.36. The maximum Gasteiger partial charge on any atom is 0.0719 e. The molecule has 1 rings (SSSR count). The van der Waals surface area contributed by atoms with Crippen LogP contribution in [0.3, 0.4) is 0 Å². The Morgan fingerprint density at radius 1 is 1.45 bits per heavy atom. The van der Waals surface area contributed by atoms with E-state index < -0.39 is 0 Å². The van der Waals surface area contributed by atoms with Crippen molar-refractivity contribution in [2.45, 2.75) is 37.8 Å². The Kier molecular flexibility index (Phi) is 3.30. The zero-order valence-corrected chi connectivity index (χ0v) is 6.74. The molecule has 0 heterocycles. The lowest BCUT2D eigenvalue weighted by atomic mass is 10.0. The molecule has 2 atom stereocenters. The number of rotatable bonds is 5. The van der Waals surface area contributed by atoms with Gasteiger partial charge in [-0.15, -0.1) is 0 Å². The van der Waals surface area contributed by atoms with Crippen molar-refractivity contribution in [3.8, 4) is 0 Å². The highest BCUT2D eigenvalue weighted by atomic mass is 16.3. The first-order chi connectivity index (χ1) is 5.25. The topological polar surface area (TPSA) is 66.5 Å². The van der Waals surface area contributed by atoms with Crippen LogP contribution in [0.1, 0.15) is 25.7 Å². The van der Waals surface area contributed by atoms with Crippen molar-refractivity contribution in [2.75, 3.05) is 6.61 Å². The van der Waals surface area contributed by atoms with E-state index >= 15 is 0 Å². The highest BCUT2D eigenvalue weighted by Crippen LogP contribution is 2.34. The summed E-state index contributed by atoms with van der Waals surface area (Å²) < 4.78 is 0. The van der Waals surface area contributed by atoms with Crippen LogP contribution in [-0.2, 0) is 0 Å². The van der Waals surface area contributed by atoms with Crippen LogP contribution in [0.2, 0.25) is 0 Å². The van der Waals surface area contributed by atoms with E-state index in [0.717, 1.165) is 19.3 Å². The Balaban J connectivity index is 2.11. The average molecular weight is 159 g/mol. The molecule has 0 aliphatic heterocycles. The predicted octanol–water partition coefficient (Wildman–Crippen LogP) is -0.143. The van der Waals surface area contributed by atoms with Gasteiger partial charge in [0.1, 0.15) is 0 Å². The molecule has 0 aromatic carbocycles. The largest absolute Gasteiger partial charge is 0.396 e. The maximum absolute atomic E-state index is 9.48. The molecule has 66 valence electrons. The van der Waals surface area contributed by atoms with Crippen molar-refractivity contribution >= 4 is 0 Å². The van der Waals surface area contributed by atoms with E-state index in [2.05, 4.69) is 0 Å². The van der Waals surface area contributed by atoms with E-state index in [0.29, 0.717) is 12.3 Å². The molecule has 3 nitrogen and oxygen atoms in total. The first-order valence-corrected chi connectivity index (χ1v) is 4.30. The zero-order chi connectivity index (χ0) is 8.27. The molecule has 1 saturated carbocycles. The molecule has 0 aromatic rings. The van der Waals surface area contributed by atoms with E-state index in [1.54, 1.807) is 0 Å². The summed E-state index contributed by atoms with van der Waals surface area (Å²) >= 11 is 0. The van der Waals surface area contributed by atoms with Gasteiger partial charge >= 0.3 is 0 Å². The molecule has 0 radical (unpaired) electrons. The fourth-order valence-electron chi connectivity index (χ4n) is 1.29. The Bertz CT molecular complexity index is 115. The highest BCUT2D eigenvalue weighted by Gasteiger charge is 2.33. The minimum absolute atomic E-state index is 0.130. The van der Waals surface area contributed by atoms with Crippen LogP contribution >= 0.6 is 0 Å². The normalized spacial score (nSPS) is 23.2. The number of aliphatic hydroxyl groups excluding tert-OH is 2. The Hall–Kier alpha value is -0.120. The third-order valence-electron chi connectivity index (χ3n) is 2.24. The predicted molar refractivity (Wildman–Crippen MR) is 43.0 cm³/mol. The molecule has 1 aliphatic rings. The van der Waals surface area contributed by atoms with Gasteiger partial charge in [-0.1, -0.05) is 0 Å². The summed E-state index contributed by atoms with van der Waals surface area (Å²) in [7, 11) is 0. The van der Waals surface area contributed by atoms with Crippen LogP contribution < -0.4 is 5.73 Å². The van der Waals surface area contributed by atoms with Gasteiger partial charge in [0.15, 0.2) is 0 Å². The maximum atomic E-state index is 9.48. The van der Waals surface area contributed by atoms with Gasteiger partial charge in [-0.3, -0.25) is 0 Å². The van der Waals surface area contributed by atoms with Gasteiger partial charge in [0, 0.05) is 12.6 Å². The Morgan fingerprint density at radius 3 is 2.55 bits per heavy atom. The SMILES string of the molecule is NC(CCCO)C(O)C1CC1. The second kappa shape index (κ2) is 4.04. The molecular weight excluding hydrogens is 142 g/mol. The summed E-state index contributed by atoms with van der Waals surface area (Å²) in [6.07, 6.45) is 3.34. The summed E-state index contributed by atoms with van der Waals surface area (Å²) in [5.41, 5.74) is 5.68. The summed E-state index contributed by atoms with van der Waals surface area (Å²) in [5, 5.41) is 18.0. The van der Waals surface area contributed by atoms with Crippen LogP contribution in [0.25, 0.3) is 0 Å². The van der Waals surface area contributed by atoms with Crippen molar-refractivity contribution in [3.63, 3.8) is 0 Å². The number of hydrogen-bond acceptors (Lipinski definition) is 3. The first-order valence-electron chi connectivity index (χ1n) is 4.30. The fourth-order valence-corrected chi connectivity index (χ4v) is 1.29. The third kappa shape index (κ3) is 2.77.